The number of hydrogen-bond donors (Lipinski definition) is 1. The average Bonchev–Trinajstić information content (AvgIpc) is 2.75. The maximum absolute atomic E-state index is 6.20. The number of nitrogens with two attached hydrogens (primary N) is 1. The molecule has 0 saturated carbocycles. The summed E-state index contributed by atoms with van der Waals surface area (Å²) in [6.07, 6.45) is 2.70. The third-order valence-corrected chi connectivity index (χ3v) is 3.16. The van der Waals surface area contributed by atoms with E-state index in [2.05, 4.69) is 21.9 Å². The summed E-state index contributed by atoms with van der Waals surface area (Å²) in [4.78, 5) is 6.58. The van der Waals surface area contributed by atoms with Crippen molar-refractivity contribution in [1.82, 2.24) is 19.7 Å². The zero-order chi connectivity index (χ0) is 12.3. The van der Waals surface area contributed by atoms with Crippen LogP contribution in [0, 0.1) is 0 Å². The molecule has 2 N–H and O–H groups in total. The lowest BCUT2D eigenvalue weighted by atomic mass is 10.1. The topological polar surface area (TPSA) is 69.2 Å². The molecule has 0 bridgehead atoms. The number of ether oxygens (including phenoxy) is 1. The Morgan fingerprint density at radius 2 is 2.47 bits per heavy atom. The Kier molecular flexibility index (Phi) is 4.09. The van der Waals surface area contributed by atoms with Crippen molar-refractivity contribution in [2.24, 2.45) is 12.8 Å². The van der Waals surface area contributed by atoms with Crippen LogP contribution in [0.15, 0.2) is 6.33 Å². The van der Waals surface area contributed by atoms with Gasteiger partial charge in [0, 0.05) is 20.1 Å². The summed E-state index contributed by atoms with van der Waals surface area (Å²) in [5.74, 6) is 0.786. The van der Waals surface area contributed by atoms with E-state index < -0.39 is 0 Å². The molecule has 17 heavy (non-hydrogen) atoms. The first-order valence-corrected chi connectivity index (χ1v) is 6.15. The van der Waals surface area contributed by atoms with Gasteiger partial charge in [-0.05, 0) is 13.0 Å². The van der Waals surface area contributed by atoms with Gasteiger partial charge in [0.1, 0.15) is 12.2 Å². The van der Waals surface area contributed by atoms with Gasteiger partial charge in [-0.15, -0.1) is 0 Å². The van der Waals surface area contributed by atoms with E-state index in [9.17, 15) is 0 Å². The Balaban J connectivity index is 1.99. The maximum Gasteiger partial charge on any atom is 0.146 e. The highest BCUT2D eigenvalue weighted by molar-refractivity contribution is 4.97. The van der Waals surface area contributed by atoms with Gasteiger partial charge in [-0.1, -0.05) is 6.92 Å². The second-order valence-corrected chi connectivity index (χ2v) is 4.48. The third-order valence-electron chi connectivity index (χ3n) is 3.16. The number of hydrogen-bond acceptors (Lipinski definition) is 5. The molecular weight excluding hydrogens is 218 g/mol. The van der Waals surface area contributed by atoms with Crippen molar-refractivity contribution in [1.29, 1.82) is 0 Å². The van der Waals surface area contributed by atoms with Gasteiger partial charge >= 0.3 is 0 Å². The number of rotatable bonds is 4. The minimum absolute atomic E-state index is 0.0122. The van der Waals surface area contributed by atoms with Crippen LogP contribution in [0.5, 0.6) is 0 Å². The van der Waals surface area contributed by atoms with Gasteiger partial charge in [0.05, 0.1) is 18.8 Å². The monoisotopic (exact) mass is 239 g/mol. The summed E-state index contributed by atoms with van der Waals surface area (Å²) in [6, 6.07) is -0.206. The summed E-state index contributed by atoms with van der Waals surface area (Å²) in [7, 11) is 1.86. The summed E-state index contributed by atoms with van der Waals surface area (Å²) in [6.45, 7) is 5.91. The molecule has 1 fully saturated rings. The zero-order valence-corrected chi connectivity index (χ0v) is 10.5. The smallest absolute Gasteiger partial charge is 0.146 e. The molecular formula is C11H21N5O. The maximum atomic E-state index is 6.20. The van der Waals surface area contributed by atoms with Crippen LogP contribution in [-0.4, -0.2) is 52.0 Å². The highest BCUT2D eigenvalue weighted by Gasteiger charge is 2.28. The fourth-order valence-electron chi connectivity index (χ4n) is 2.24. The quantitative estimate of drug-likeness (QED) is 0.796. The number of aromatic nitrogens is 3. The predicted molar refractivity (Wildman–Crippen MR) is 64.4 cm³/mol. The van der Waals surface area contributed by atoms with E-state index in [1.165, 1.54) is 6.33 Å². The molecule has 1 aromatic heterocycles. The lowest BCUT2D eigenvalue weighted by Crippen LogP contribution is -2.47. The van der Waals surface area contributed by atoms with Crippen LogP contribution < -0.4 is 5.73 Å². The first-order valence-electron chi connectivity index (χ1n) is 6.15. The highest BCUT2D eigenvalue weighted by atomic mass is 16.5. The molecule has 2 atom stereocenters. The van der Waals surface area contributed by atoms with Crippen molar-refractivity contribution in [2.45, 2.75) is 25.5 Å². The molecule has 0 aliphatic carbocycles. The Hall–Kier alpha value is -0.980. The summed E-state index contributed by atoms with van der Waals surface area (Å²) in [5.41, 5.74) is 6.20. The van der Waals surface area contributed by atoms with Gasteiger partial charge in [-0.25, -0.2) is 4.98 Å². The van der Waals surface area contributed by atoms with E-state index in [4.69, 9.17) is 10.5 Å². The molecule has 2 unspecified atom stereocenters. The van der Waals surface area contributed by atoms with Gasteiger partial charge in [0.25, 0.3) is 0 Å². The Morgan fingerprint density at radius 3 is 3.12 bits per heavy atom. The van der Waals surface area contributed by atoms with Crippen molar-refractivity contribution in [3.05, 3.63) is 12.2 Å². The first kappa shape index (κ1) is 12.5. The summed E-state index contributed by atoms with van der Waals surface area (Å²) in [5, 5.41) is 4.04. The SMILES string of the molecule is CCCN1CCOC(C(N)c2ncnn2C)C1. The summed E-state index contributed by atoms with van der Waals surface area (Å²) >= 11 is 0. The number of nitrogens with zero attached hydrogens (tertiary/aromatic N) is 4. The standard InChI is InChI=1S/C11H21N5O/c1-3-4-16-5-6-17-9(7-16)10(12)11-13-8-14-15(11)2/h8-10H,3-7,12H2,1-2H3. The van der Waals surface area contributed by atoms with Crippen molar-refractivity contribution in [2.75, 3.05) is 26.2 Å². The van der Waals surface area contributed by atoms with E-state index >= 15 is 0 Å². The van der Waals surface area contributed by atoms with Crippen molar-refractivity contribution < 1.29 is 4.74 Å². The van der Waals surface area contributed by atoms with E-state index in [1.807, 2.05) is 7.05 Å². The van der Waals surface area contributed by atoms with Crippen LogP contribution in [0.3, 0.4) is 0 Å². The minimum atomic E-state index is -0.206. The lowest BCUT2D eigenvalue weighted by Gasteiger charge is -2.35. The average molecular weight is 239 g/mol. The van der Waals surface area contributed by atoms with Crippen LogP contribution in [0.4, 0.5) is 0 Å². The van der Waals surface area contributed by atoms with Gasteiger partial charge in [0.15, 0.2) is 0 Å². The molecule has 0 aromatic carbocycles. The summed E-state index contributed by atoms with van der Waals surface area (Å²) < 4.78 is 7.46. The van der Waals surface area contributed by atoms with Crippen molar-refractivity contribution in [3.8, 4) is 0 Å². The van der Waals surface area contributed by atoms with Crippen LogP contribution in [-0.2, 0) is 11.8 Å². The Labute approximate surface area is 102 Å². The van der Waals surface area contributed by atoms with Gasteiger partial charge in [0.2, 0.25) is 0 Å². The highest BCUT2D eigenvalue weighted by Crippen LogP contribution is 2.18. The molecule has 2 heterocycles. The molecule has 6 heteroatoms. The molecule has 2 rings (SSSR count). The van der Waals surface area contributed by atoms with Gasteiger partial charge in [-0.2, -0.15) is 5.10 Å². The largest absolute Gasteiger partial charge is 0.373 e. The number of morpholine rings is 1. The van der Waals surface area contributed by atoms with E-state index in [-0.39, 0.29) is 12.1 Å². The molecule has 1 aliphatic heterocycles. The van der Waals surface area contributed by atoms with Crippen LogP contribution in [0.25, 0.3) is 0 Å². The second-order valence-electron chi connectivity index (χ2n) is 4.48. The normalized spacial score (nSPS) is 23.8. The molecule has 6 nitrogen and oxygen atoms in total. The van der Waals surface area contributed by atoms with Crippen LogP contribution in [0.2, 0.25) is 0 Å². The minimum Gasteiger partial charge on any atom is -0.373 e. The lowest BCUT2D eigenvalue weighted by molar-refractivity contribution is -0.0424. The van der Waals surface area contributed by atoms with Gasteiger partial charge < -0.3 is 10.5 Å². The van der Waals surface area contributed by atoms with E-state index in [0.717, 1.165) is 38.5 Å². The molecule has 1 saturated heterocycles. The molecule has 96 valence electrons. The van der Waals surface area contributed by atoms with Gasteiger partial charge in [-0.3, -0.25) is 9.58 Å². The fraction of sp³-hybridized carbons (Fsp3) is 0.818. The number of aryl methyl sites for hydroxylation is 1. The molecule has 0 radical (unpaired) electrons. The third kappa shape index (κ3) is 2.83. The van der Waals surface area contributed by atoms with E-state index in [1.54, 1.807) is 4.68 Å². The first-order chi connectivity index (χ1) is 8.22. The Bertz CT molecular complexity index is 351. The Morgan fingerprint density at radius 1 is 1.65 bits per heavy atom. The molecule has 0 amide bonds. The van der Waals surface area contributed by atoms with Crippen molar-refractivity contribution >= 4 is 0 Å². The zero-order valence-electron chi connectivity index (χ0n) is 10.5. The van der Waals surface area contributed by atoms with E-state index in [0.29, 0.717) is 0 Å². The van der Waals surface area contributed by atoms with Crippen LogP contribution in [0.1, 0.15) is 25.2 Å². The second kappa shape index (κ2) is 5.57. The van der Waals surface area contributed by atoms with Crippen molar-refractivity contribution in [3.63, 3.8) is 0 Å². The predicted octanol–water partition coefficient (Wildman–Crippen LogP) is -0.0743. The molecule has 1 aromatic rings. The molecule has 1 aliphatic rings. The van der Waals surface area contributed by atoms with Crippen LogP contribution >= 0.6 is 0 Å². The fourth-order valence-corrected chi connectivity index (χ4v) is 2.24. The molecule has 0 spiro atoms.